The van der Waals surface area contributed by atoms with Gasteiger partial charge >= 0.3 is 0 Å². The molecule has 100 valence electrons. The van der Waals surface area contributed by atoms with Gasteiger partial charge in [0, 0.05) is 19.0 Å². The lowest BCUT2D eigenvalue weighted by Crippen LogP contribution is -2.34. The SMILES string of the molecule is CCN(CCO)CC(C)C(=O)c1ccccc1F. The van der Waals surface area contributed by atoms with E-state index in [-0.39, 0.29) is 23.9 Å². The van der Waals surface area contributed by atoms with Crippen molar-refractivity contribution in [3.63, 3.8) is 0 Å². The number of rotatable bonds is 7. The van der Waals surface area contributed by atoms with E-state index in [0.29, 0.717) is 13.1 Å². The van der Waals surface area contributed by atoms with Gasteiger partial charge in [-0.05, 0) is 18.7 Å². The Labute approximate surface area is 107 Å². The fourth-order valence-corrected chi connectivity index (χ4v) is 1.92. The molecule has 3 nitrogen and oxygen atoms in total. The van der Waals surface area contributed by atoms with Crippen LogP contribution in [0.25, 0.3) is 0 Å². The van der Waals surface area contributed by atoms with Crippen LogP contribution in [0.4, 0.5) is 4.39 Å². The van der Waals surface area contributed by atoms with Gasteiger partial charge in [0.25, 0.3) is 0 Å². The van der Waals surface area contributed by atoms with Gasteiger partial charge in [0.2, 0.25) is 0 Å². The summed E-state index contributed by atoms with van der Waals surface area (Å²) < 4.78 is 13.5. The molecule has 18 heavy (non-hydrogen) atoms. The zero-order valence-corrected chi connectivity index (χ0v) is 10.9. The number of carbonyl (C=O) groups is 1. The predicted molar refractivity (Wildman–Crippen MR) is 69.1 cm³/mol. The minimum atomic E-state index is -0.473. The third-order valence-corrected chi connectivity index (χ3v) is 2.98. The van der Waals surface area contributed by atoms with Crippen molar-refractivity contribution in [1.82, 2.24) is 4.90 Å². The quantitative estimate of drug-likeness (QED) is 0.755. The van der Waals surface area contributed by atoms with Crippen LogP contribution in [-0.4, -0.2) is 42.0 Å². The number of halogens is 1. The van der Waals surface area contributed by atoms with E-state index in [1.165, 1.54) is 12.1 Å². The Morgan fingerprint density at radius 2 is 2.11 bits per heavy atom. The van der Waals surface area contributed by atoms with E-state index in [4.69, 9.17) is 5.11 Å². The standard InChI is InChI=1S/C14H20FNO2/c1-3-16(8-9-17)10-11(2)14(18)12-6-4-5-7-13(12)15/h4-7,11,17H,3,8-10H2,1-2H3. The maximum atomic E-state index is 13.5. The van der Waals surface area contributed by atoms with Gasteiger partial charge in [-0.3, -0.25) is 4.79 Å². The molecule has 1 aromatic carbocycles. The van der Waals surface area contributed by atoms with Crippen LogP contribution in [0.5, 0.6) is 0 Å². The number of nitrogens with zero attached hydrogens (tertiary/aromatic N) is 1. The topological polar surface area (TPSA) is 40.5 Å². The first kappa shape index (κ1) is 14.8. The van der Waals surface area contributed by atoms with E-state index in [0.717, 1.165) is 6.54 Å². The van der Waals surface area contributed by atoms with E-state index in [9.17, 15) is 9.18 Å². The zero-order chi connectivity index (χ0) is 13.5. The van der Waals surface area contributed by atoms with Crippen LogP contribution in [-0.2, 0) is 0 Å². The minimum absolute atomic E-state index is 0.0639. The van der Waals surface area contributed by atoms with Gasteiger partial charge in [0.15, 0.2) is 5.78 Å². The van der Waals surface area contributed by atoms with Crippen molar-refractivity contribution in [3.8, 4) is 0 Å². The lowest BCUT2D eigenvalue weighted by atomic mass is 9.98. The Morgan fingerprint density at radius 1 is 1.44 bits per heavy atom. The Balaban J connectivity index is 2.69. The lowest BCUT2D eigenvalue weighted by molar-refractivity contribution is 0.0881. The zero-order valence-electron chi connectivity index (χ0n) is 10.9. The molecule has 0 saturated heterocycles. The number of carbonyl (C=O) groups excluding carboxylic acids is 1. The van der Waals surface area contributed by atoms with Gasteiger partial charge in [-0.25, -0.2) is 4.39 Å². The van der Waals surface area contributed by atoms with Crippen molar-refractivity contribution in [1.29, 1.82) is 0 Å². The average Bonchev–Trinajstić information content (AvgIpc) is 2.37. The van der Waals surface area contributed by atoms with Crippen molar-refractivity contribution >= 4 is 5.78 Å². The van der Waals surface area contributed by atoms with Crippen LogP contribution in [0.3, 0.4) is 0 Å². The van der Waals surface area contributed by atoms with Crippen LogP contribution in [0.2, 0.25) is 0 Å². The Hall–Kier alpha value is -1.26. The van der Waals surface area contributed by atoms with Crippen molar-refractivity contribution in [3.05, 3.63) is 35.6 Å². The number of hydrogen-bond acceptors (Lipinski definition) is 3. The first-order valence-electron chi connectivity index (χ1n) is 6.22. The summed E-state index contributed by atoms with van der Waals surface area (Å²) in [6, 6.07) is 6.04. The van der Waals surface area contributed by atoms with Crippen LogP contribution in [0.1, 0.15) is 24.2 Å². The van der Waals surface area contributed by atoms with E-state index in [1.807, 2.05) is 11.8 Å². The summed E-state index contributed by atoms with van der Waals surface area (Å²) in [4.78, 5) is 14.1. The van der Waals surface area contributed by atoms with E-state index in [1.54, 1.807) is 19.1 Å². The van der Waals surface area contributed by atoms with Crippen molar-refractivity contribution in [2.24, 2.45) is 5.92 Å². The molecule has 0 fully saturated rings. The molecule has 0 spiro atoms. The van der Waals surface area contributed by atoms with E-state index >= 15 is 0 Å². The first-order valence-corrected chi connectivity index (χ1v) is 6.22. The maximum absolute atomic E-state index is 13.5. The van der Waals surface area contributed by atoms with Gasteiger partial charge in [-0.2, -0.15) is 0 Å². The van der Waals surface area contributed by atoms with Gasteiger partial charge in [-0.1, -0.05) is 26.0 Å². The largest absolute Gasteiger partial charge is 0.395 e. The molecule has 0 amide bonds. The molecule has 1 unspecified atom stereocenters. The number of ketones is 1. The van der Waals surface area contributed by atoms with Crippen molar-refractivity contribution in [2.45, 2.75) is 13.8 Å². The van der Waals surface area contributed by atoms with E-state index in [2.05, 4.69) is 0 Å². The molecule has 1 aromatic rings. The third-order valence-electron chi connectivity index (χ3n) is 2.98. The normalized spacial score (nSPS) is 12.7. The Kier molecular flexibility index (Phi) is 5.95. The van der Waals surface area contributed by atoms with Crippen LogP contribution >= 0.6 is 0 Å². The Morgan fingerprint density at radius 3 is 2.67 bits per heavy atom. The summed E-state index contributed by atoms with van der Waals surface area (Å²) in [5.74, 6) is -0.947. The molecule has 0 aromatic heterocycles. The highest BCUT2D eigenvalue weighted by atomic mass is 19.1. The molecule has 1 rings (SSSR count). The Bertz CT molecular complexity index is 395. The molecule has 0 heterocycles. The third kappa shape index (κ3) is 3.89. The molecule has 0 aliphatic heterocycles. The highest BCUT2D eigenvalue weighted by Crippen LogP contribution is 2.13. The molecule has 0 bridgehead atoms. The highest BCUT2D eigenvalue weighted by molar-refractivity contribution is 5.98. The minimum Gasteiger partial charge on any atom is -0.395 e. The fraction of sp³-hybridized carbons (Fsp3) is 0.500. The molecule has 0 saturated carbocycles. The molecule has 4 heteroatoms. The summed E-state index contributed by atoms with van der Waals surface area (Å²) in [7, 11) is 0. The fourth-order valence-electron chi connectivity index (χ4n) is 1.92. The number of aliphatic hydroxyl groups excluding tert-OH is 1. The van der Waals surface area contributed by atoms with Crippen molar-refractivity contribution in [2.75, 3.05) is 26.2 Å². The maximum Gasteiger partial charge on any atom is 0.169 e. The molecular formula is C14H20FNO2. The summed E-state index contributed by atoms with van der Waals surface area (Å²) >= 11 is 0. The van der Waals surface area contributed by atoms with Gasteiger partial charge in [-0.15, -0.1) is 0 Å². The molecule has 0 aliphatic carbocycles. The molecular weight excluding hydrogens is 233 g/mol. The highest BCUT2D eigenvalue weighted by Gasteiger charge is 2.20. The smallest absolute Gasteiger partial charge is 0.169 e. The van der Waals surface area contributed by atoms with Crippen molar-refractivity contribution < 1.29 is 14.3 Å². The molecule has 0 radical (unpaired) electrons. The molecule has 1 atom stereocenters. The number of benzene rings is 1. The van der Waals surface area contributed by atoms with Crippen LogP contribution in [0.15, 0.2) is 24.3 Å². The second-order valence-corrected chi connectivity index (χ2v) is 4.36. The lowest BCUT2D eigenvalue weighted by Gasteiger charge is -2.22. The summed E-state index contributed by atoms with van der Waals surface area (Å²) in [6.45, 7) is 5.64. The summed E-state index contributed by atoms with van der Waals surface area (Å²) in [6.07, 6.45) is 0. The van der Waals surface area contributed by atoms with Crippen LogP contribution in [0, 0.1) is 11.7 Å². The van der Waals surface area contributed by atoms with Gasteiger partial charge in [0.1, 0.15) is 5.82 Å². The summed E-state index contributed by atoms with van der Waals surface area (Å²) in [5.41, 5.74) is 0.144. The summed E-state index contributed by atoms with van der Waals surface area (Å²) in [5, 5.41) is 8.89. The first-order chi connectivity index (χ1) is 8.60. The van der Waals surface area contributed by atoms with Crippen LogP contribution < -0.4 is 0 Å². The second-order valence-electron chi connectivity index (χ2n) is 4.36. The second kappa shape index (κ2) is 7.24. The number of hydrogen-bond donors (Lipinski definition) is 1. The molecule has 0 aliphatic rings. The molecule has 1 N–H and O–H groups in total. The monoisotopic (exact) mass is 253 g/mol. The van der Waals surface area contributed by atoms with Gasteiger partial charge in [0.05, 0.1) is 12.2 Å². The average molecular weight is 253 g/mol. The number of Topliss-reactive ketones (excluding diaryl/α,β-unsaturated/α-hetero) is 1. The number of likely N-dealkylation sites (N-methyl/N-ethyl adjacent to an activating group) is 1. The predicted octanol–water partition coefficient (Wildman–Crippen LogP) is 1.96. The van der Waals surface area contributed by atoms with E-state index < -0.39 is 5.82 Å². The number of aliphatic hydroxyl groups is 1. The van der Waals surface area contributed by atoms with Gasteiger partial charge < -0.3 is 10.0 Å².